The number of amides is 2. The highest BCUT2D eigenvalue weighted by Gasteiger charge is 2.59. The molecule has 4 atom stereocenters. The molecule has 2 bridgehead atoms. The van der Waals surface area contributed by atoms with E-state index < -0.39 is 5.97 Å². The molecule has 5 rings (SSSR count). The SMILES string of the molecule is O=C(Oc1ccc(N2C(=O)[C@@H]3[C@H](C2=O)[C@@H]2C=C[C@H]3C2)cc1)c1ccccc1. The van der Waals surface area contributed by atoms with Gasteiger partial charge in [0, 0.05) is 0 Å². The van der Waals surface area contributed by atoms with Gasteiger partial charge >= 0.3 is 5.97 Å². The molecule has 5 nitrogen and oxygen atoms in total. The Hall–Kier alpha value is -3.21. The Morgan fingerprint density at radius 2 is 1.44 bits per heavy atom. The Morgan fingerprint density at radius 1 is 0.852 bits per heavy atom. The predicted octanol–water partition coefficient (Wildman–Crippen LogP) is 3.22. The summed E-state index contributed by atoms with van der Waals surface area (Å²) in [7, 11) is 0. The molecule has 0 aromatic heterocycles. The number of fused-ring (bicyclic) bond motifs is 5. The topological polar surface area (TPSA) is 63.7 Å². The number of nitrogens with zero attached hydrogens (tertiary/aromatic N) is 1. The van der Waals surface area contributed by atoms with Gasteiger partial charge in [-0.05, 0) is 54.7 Å². The number of ether oxygens (including phenoxy) is 1. The molecule has 2 fully saturated rings. The number of anilines is 1. The molecule has 2 aromatic carbocycles. The van der Waals surface area contributed by atoms with Crippen molar-refractivity contribution in [3.05, 3.63) is 72.3 Å². The number of hydrogen-bond donors (Lipinski definition) is 0. The van der Waals surface area contributed by atoms with Gasteiger partial charge in [-0.1, -0.05) is 30.4 Å². The van der Waals surface area contributed by atoms with Crippen LogP contribution in [0, 0.1) is 23.7 Å². The molecular weight excluding hydrogens is 342 g/mol. The van der Waals surface area contributed by atoms with Crippen LogP contribution < -0.4 is 9.64 Å². The molecular formula is C22H17NO4. The Labute approximate surface area is 156 Å². The minimum absolute atomic E-state index is 0.115. The van der Waals surface area contributed by atoms with E-state index in [1.807, 2.05) is 6.07 Å². The highest BCUT2D eigenvalue weighted by atomic mass is 16.5. The van der Waals surface area contributed by atoms with E-state index in [1.165, 1.54) is 4.90 Å². The zero-order valence-electron chi connectivity index (χ0n) is 14.4. The number of carbonyl (C=O) groups excluding carboxylic acids is 3. The van der Waals surface area contributed by atoms with Crippen molar-refractivity contribution < 1.29 is 19.1 Å². The number of carbonyl (C=O) groups is 3. The molecule has 0 radical (unpaired) electrons. The standard InChI is InChI=1S/C22H17NO4/c24-20-18-14-6-7-15(12-14)19(18)21(25)23(20)16-8-10-17(11-9-16)27-22(26)13-4-2-1-3-5-13/h1-11,14-15,18-19H,12H2/t14-,15+,18-,19+. The van der Waals surface area contributed by atoms with Crippen molar-refractivity contribution in [2.45, 2.75) is 6.42 Å². The molecule has 3 aliphatic rings. The molecule has 1 saturated carbocycles. The van der Waals surface area contributed by atoms with Crippen LogP contribution in [0.2, 0.25) is 0 Å². The Balaban J connectivity index is 1.35. The number of benzene rings is 2. The summed E-state index contributed by atoms with van der Waals surface area (Å²) in [6.07, 6.45) is 5.06. The van der Waals surface area contributed by atoms with Gasteiger partial charge < -0.3 is 4.74 Å². The first-order valence-corrected chi connectivity index (χ1v) is 9.07. The summed E-state index contributed by atoms with van der Waals surface area (Å²) in [5.41, 5.74) is 0.987. The molecule has 0 N–H and O–H groups in total. The lowest BCUT2D eigenvalue weighted by molar-refractivity contribution is -0.123. The maximum Gasteiger partial charge on any atom is 0.343 e. The van der Waals surface area contributed by atoms with E-state index >= 15 is 0 Å². The first kappa shape index (κ1) is 16.0. The Morgan fingerprint density at radius 3 is 2.04 bits per heavy atom. The number of hydrogen-bond acceptors (Lipinski definition) is 4. The number of allylic oxidation sites excluding steroid dienone is 2. The quantitative estimate of drug-likeness (QED) is 0.365. The summed E-state index contributed by atoms with van der Waals surface area (Å²) in [6.45, 7) is 0. The Bertz CT molecular complexity index is 934. The van der Waals surface area contributed by atoms with Crippen LogP contribution in [0.4, 0.5) is 5.69 Å². The molecule has 2 aromatic rings. The normalized spacial score (nSPS) is 27.9. The smallest absolute Gasteiger partial charge is 0.343 e. The van der Waals surface area contributed by atoms with Crippen LogP contribution in [0.15, 0.2) is 66.7 Å². The van der Waals surface area contributed by atoms with E-state index in [1.54, 1.807) is 48.5 Å². The molecule has 5 heteroatoms. The van der Waals surface area contributed by atoms with E-state index in [9.17, 15) is 14.4 Å². The summed E-state index contributed by atoms with van der Waals surface area (Å²) >= 11 is 0. The third-order valence-electron chi connectivity index (χ3n) is 5.79. The lowest BCUT2D eigenvalue weighted by Gasteiger charge is -2.17. The number of rotatable bonds is 3. The summed E-state index contributed by atoms with van der Waals surface area (Å²) < 4.78 is 5.35. The zero-order valence-corrected chi connectivity index (χ0v) is 14.4. The van der Waals surface area contributed by atoms with Crippen LogP contribution in [0.5, 0.6) is 5.75 Å². The van der Waals surface area contributed by atoms with Gasteiger partial charge in [0.2, 0.25) is 11.8 Å². The lowest BCUT2D eigenvalue weighted by atomic mass is 9.85. The lowest BCUT2D eigenvalue weighted by Crippen LogP contribution is -2.32. The van der Waals surface area contributed by atoms with Gasteiger partial charge in [0.05, 0.1) is 23.1 Å². The predicted molar refractivity (Wildman–Crippen MR) is 98.1 cm³/mol. The molecule has 134 valence electrons. The fourth-order valence-corrected chi connectivity index (χ4v) is 4.56. The van der Waals surface area contributed by atoms with E-state index in [2.05, 4.69) is 12.2 Å². The second-order valence-electron chi connectivity index (χ2n) is 7.26. The van der Waals surface area contributed by atoms with E-state index in [-0.39, 0.29) is 35.5 Å². The van der Waals surface area contributed by atoms with Crippen LogP contribution in [0.25, 0.3) is 0 Å². The van der Waals surface area contributed by atoms with Crippen molar-refractivity contribution in [3.63, 3.8) is 0 Å². The zero-order chi connectivity index (χ0) is 18.5. The van der Waals surface area contributed by atoms with E-state index in [0.29, 0.717) is 17.0 Å². The summed E-state index contributed by atoms with van der Waals surface area (Å²) in [6, 6.07) is 15.2. The maximum absolute atomic E-state index is 12.8. The third kappa shape index (κ3) is 2.42. The highest BCUT2D eigenvalue weighted by Crippen LogP contribution is 2.53. The van der Waals surface area contributed by atoms with Crippen LogP contribution >= 0.6 is 0 Å². The van der Waals surface area contributed by atoms with Gasteiger partial charge in [0.1, 0.15) is 5.75 Å². The number of imide groups is 1. The monoisotopic (exact) mass is 359 g/mol. The van der Waals surface area contributed by atoms with Gasteiger partial charge in [0.25, 0.3) is 0 Å². The Kier molecular flexibility index (Phi) is 3.50. The summed E-state index contributed by atoms with van der Waals surface area (Å²) in [5, 5.41) is 0. The molecule has 2 aliphatic carbocycles. The van der Waals surface area contributed by atoms with Gasteiger partial charge in [0.15, 0.2) is 0 Å². The molecule has 0 spiro atoms. The van der Waals surface area contributed by atoms with Gasteiger partial charge in [-0.25, -0.2) is 4.79 Å². The second kappa shape index (κ2) is 5.91. The molecule has 1 aliphatic heterocycles. The third-order valence-corrected chi connectivity index (χ3v) is 5.79. The molecule has 2 amide bonds. The summed E-state index contributed by atoms with van der Waals surface area (Å²) in [4.78, 5) is 39.1. The first-order chi connectivity index (χ1) is 13.1. The van der Waals surface area contributed by atoms with Crippen molar-refractivity contribution >= 4 is 23.5 Å². The van der Waals surface area contributed by atoms with Crippen molar-refractivity contribution in [1.82, 2.24) is 0 Å². The van der Waals surface area contributed by atoms with Gasteiger partial charge in [-0.3, -0.25) is 14.5 Å². The van der Waals surface area contributed by atoms with Gasteiger partial charge in [-0.2, -0.15) is 0 Å². The first-order valence-electron chi connectivity index (χ1n) is 9.07. The maximum atomic E-state index is 12.8. The summed E-state index contributed by atoms with van der Waals surface area (Å²) in [5.74, 6) is -0.375. The van der Waals surface area contributed by atoms with Crippen LogP contribution in [0.1, 0.15) is 16.8 Å². The average Bonchev–Trinajstić information content (AvgIpc) is 3.37. The van der Waals surface area contributed by atoms with E-state index in [4.69, 9.17) is 4.74 Å². The number of esters is 1. The van der Waals surface area contributed by atoms with Crippen LogP contribution in [0.3, 0.4) is 0 Å². The van der Waals surface area contributed by atoms with E-state index in [0.717, 1.165) is 6.42 Å². The minimum atomic E-state index is -0.450. The molecule has 0 unspecified atom stereocenters. The highest BCUT2D eigenvalue weighted by molar-refractivity contribution is 6.22. The van der Waals surface area contributed by atoms with Crippen molar-refractivity contribution in [2.75, 3.05) is 4.90 Å². The molecule has 27 heavy (non-hydrogen) atoms. The van der Waals surface area contributed by atoms with Crippen molar-refractivity contribution in [3.8, 4) is 5.75 Å². The minimum Gasteiger partial charge on any atom is -0.423 e. The fourth-order valence-electron chi connectivity index (χ4n) is 4.56. The van der Waals surface area contributed by atoms with Gasteiger partial charge in [-0.15, -0.1) is 0 Å². The average molecular weight is 359 g/mol. The van der Waals surface area contributed by atoms with Crippen molar-refractivity contribution in [1.29, 1.82) is 0 Å². The molecule has 1 saturated heterocycles. The van der Waals surface area contributed by atoms with Crippen molar-refractivity contribution in [2.24, 2.45) is 23.7 Å². The van der Waals surface area contributed by atoms with Crippen LogP contribution in [-0.4, -0.2) is 17.8 Å². The van der Waals surface area contributed by atoms with Crippen LogP contribution in [-0.2, 0) is 9.59 Å². The fraction of sp³-hybridized carbons (Fsp3) is 0.227. The largest absolute Gasteiger partial charge is 0.423 e. The molecule has 1 heterocycles. The second-order valence-corrected chi connectivity index (χ2v) is 7.26.